The summed E-state index contributed by atoms with van der Waals surface area (Å²) in [6.45, 7) is 5.01. The lowest BCUT2D eigenvalue weighted by molar-refractivity contribution is 0.0906. The first-order chi connectivity index (χ1) is 10.1. The number of carbonyl (C=O) groups is 1. The van der Waals surface area contributed by atoms with E-state index in [1.54, 1.807) is 6.92 Å². The molecule has 1 saturated heterocycles. The van der Waals surface area contributed by atoms with E-state index in [0.29, 0.717) is 11.4 Å². The van der Waals surface area contributed by atoms with Gasteiger partial charge in [-0.05, 0) is 45.7 Å². The van der Waals surface area contributed by atoms with Crippen LogP contribution in [0.1, 0.15) is 48.3 Å². The summed E-state index contributed by atoms with van der Waals surface area (Å²) in [6.07, 6.45) is 5.90. The van der Waals surface area contributed by atoms with Crippen LogP contribution in [0.5, 0.6) is 0 Å². The lowest BCUT2D eigenvalue weighted by atomic mass is 10.1. The van der Waals surface area contributed by atoms with Crippen molar-refractivity contribution in [3.05, 3.63) is 33.7 Å². The van der Waals surface area contributed by atoms with Crippen LogP contribution >= 0.6 is 0 Å². The minimum Gasteiger partial charge on any atom is -0.354 e. The zero-order valence-corrected chi connectivity index (χ0v) is 12.6. The molecule has 2 N–H and O–H groups in total. The smallest absolute Gasteiger partial charge is 0.268 e. The second-order valence-corrected chi connectivity index (χ2v) is 6.48. The third-order valence-corrected chi connectivity index (χ3v) is 4.43. The van der Waals surface area contributed by atoms with E-state index in [1.165, 1.54) is 31.4 Å². The van der Waals surface area contributed by atoms with Crippen molar-refractivity contribution in [2.45, 2.75) is 44.6 Å². The zero-order chi connectivity index (χ0) is 14.9. The monoisotopic (exact) mass is 289 g/mol. The van der Waals surface area contributed by atoms with Crippen molar-refractivity contribution in [2.75, 3.05) is 19.6 Å². The van der Waals surface area contributed by atoms with Crippen molar-refractivity contribution in [3.8, 4) is 0 Å². The van der Waals surface area contributed by atoms with Crippen molar-refractivity contribution in [1.82, 2.24) is 15.2 Å². The summed E-state index contributed by atoms with van der Waals surface area (Å²) in [5.41, 5.74) is 0.880. The highest BCUT2D eigenvalue weighted by molar-refractivity contribution is 5.93. The summed E-state index contributed by atoms with van der Waals surface area (Å²) >= 11 is 0. The van der Waals surface area contributed by atoms with Gasteiger partial charge in [-0.3, -0.25) is 9.59 Å². The Bertz CT molecular complexity index is 583. The molecule has 21 heavy (non-hydrogen) atoms. The molecule has 0 spiro atoms. The zero-order valence-electron chi connectivity index (χ0n) is 12.6. The first-order valence-electron chi connectivity index (χ1n) is 7.82. The van der Waals surface area contributed by atoms with Crippen molar-refractivity contribution in [3.63, 3.8) is 0 Å². The predicted molar refractivity (Wildman–Crippen MR) is 81.5 cm³/mol. The Morgan fingerprint density at radius 1 is 1.29 bits per heavy atom. The number of rotatable bonds is 4. The molecule has 1 aromatic heterocycles. The average molecular weight is 289 g/mol. The molecule has 2 aliphatic rings. The van der Waals surface area contributed by atoms with Gasteiger partial charge in [0.05, 0.1) is 5.54 Å². The van der Waals surface area contributed by atoms with E-state index in [4.69, 9.17) is 0 Å². The quantitative estimate of drug-likeness (QED) is 0.881. The van der Waals surface area contributed by atoms with Crippen LogP contribution in [0.15, 0.2) is 16.9 Å². The third-order valence-electron chi connectivity index (χ3n) is 4.43. The van der Waals surface area contributed by atoms with Crippen molar-refractivity contribution in [2.24, 2.45) is 0 Å². The number of nitrogens with one attached hydrogen (secondary N) is 2. The van der Waals surface area contributed by atoms with Gasteiger partial charge in [0, 0.05) is 24.4 Å². The number of aromatic nitrogens is 1. The number of nitrogens with zero attached hydrogens (tertiary/aromatic N) is 1. The molecule has 114 valence electrons. The molecule has 0 unspecified atom stereocenters. The van der Waals surface area contributed by atoms with Gasteiger partial charge in [0.2, 0.25) is 0 Å². The van der Waals surface area contributed by atoms with Crippen LogP contribution in [-0.4, -0.2) is 41.0 Å². The Hall–Kier alpha value is -1.62. The topological polar surface area (TPSA) is 65.2 Å². The van der Waals surface area contributed by atoms with Crippen LogP contribution in [0, 0.1) is 6.92 Å². The van der Waals surface area contributed by atoms with Crippen LogP contribution in [0.4, 0.5) is 0 Å². The first kappa shape index (κ1) is 14.3. The highest BCUT2D eigenvalue weighted by Gasteiger charge is 2.45. The molecule has 0 radical (unpaired) electrons. The molecule has 5 nitrogen and oxygen atoms in total. The van der Waals surface area contributed by atoms with Gasteiger partial charge in [-0.2, -0.15) is 0 Å². The molecular formula is C16H23N3O2. The molecule has 1 amide bonds. The molecule has 0 bridgehead atoms. The summed E-state index contributed by atoms with van der Waals surface area (Å²) in [7, 11) is 0. The fourth-order valence-electron chi connectivity index (χ4n) is 3.13. The molecule has 1 saturated carbocycles. The molecule has 3 rings (SSSR count). The molecule has 1 aliphatic heterocycles. The number of carbonyl (C=O) groups excluding carboxylic acids is 1. The van der Waals surface area contributed by atoms with Crippen molar-refractivity contribution < 1.29 is 4.79 Å². The van der Waals surface area contributed by atoms with E-state index < -0.39 is 0 Å². The predicted octanol–water partition coefficient (Wildman–Crippen LogP) is 1.43. The number of likely N-dealkylation sites (tertiary alicyclic amines) is 1. The van der Waals surface area contributed by atoms with Gasteiger partial charge in [-0.15, -0.1) is 0 Å². The Morgan fingerprint density at radius 3 is 2.62 bits per heavy atom. The summed E-state index contributed by atoms with van der Waals surface area (Å²) in [6, 6.07) is 2.87. The summed E-state index contributed by atoms with van der Waals surface area (Å²) < 4.78 is 0. The maximum atomic E-state index is 12.3. The van der Waals surface area contributed by atoms with Crippen LogP contribution in [0.2, 0.25) is 0 Å². The number of piperidine rings is 1. The van der Waals surface area contributed by atoms with Gasteiger partial charge in [-0.25, -0.2) is 0 Å². The van der Waals surface area contributed by atoms with Crippen LogP contribution < -0.4 is 10.7 Å². The van der Waals surface area contributed by atoms with Gasteiger partial charge < -0.3 is 15.2 Å². The highest BCUT2D eigenvalue weighted by atomic mass is 16.2. The lowest BCUT2D eigenvalue weighted by Crippen LogP contribution is -2.47. The van der Waals surface area contributed by atoms with Crippen molar-refractivity contribution >= 4 is 5.91 Å². The lowest BCUT2D eigenvalue weighted by Gasteiger charge is -2.31. The molecule has 0 aromatic carbocycles. The minimum absolute atomic E-state index is 0.0743. The van der Waals surface area contributed by atoms with Gasteiger partial charge in [0.25, 0.3) is 5.91 Å². The summed E-state index contributed by atoms with van der Waals surface area (Å²) in [5, 5.41) is 3.13. The molecule has 2 fully saturated rings. The van der Waals surface area contributed by atoms with E-state index in [0.717, 1.165) is 32.5 Å². The molecule has 1 aromatic rings. The summed E-state index contributed by atoms with van der Waals surface area (Å²) in [5.74, 6) is -0.162. The van der Waals surface area contributed by atoms with E-state index in [2.05, 4.69) is 15.2 Å². The Balaban J connectivity index is 1.64. The molecular weight excluding hydrogens is 266 g/mol. The average Bonchev–Trinajstić information content (AvgIpc) is 3.18. The van der Waals surface area contributed by atoms with Crippen LogP contribution in [0.25, 0.3) is 0 Å². The highest BCUT2D eigenvalue weighted by Crippen LogP contribution is 2.37. The molecule has 5 heteroatoms. The number of H-pyrrole nitrogens is 1. The number of aryl methyl sites for hydroxylation is 1. The third kappa shape index (κ3) is 3.53. The van der Waals surface area contributed by atoms with Gasteiger partial charge >= 0.3 is 0 Å². The Kier molecular flexibility index (Phi) is 3.85. The minimum atomic E-state index is -0.162. The Morgan fingerprint density at radius 2 is 2.00 bits per heavy atom. The normalized spacial score (nSPS) is 21.0. The fraction of sp³-hybridized carbons (Fsp3) is 0.625. The fourth-order valence-corrected chi connectivity index (χ4v) is 3.13. The number of aromatic amines is 1. The maximum absolute atomic E-state index is 12.3. The van der Waals surface area contributed by atoms with Gasteiger partial charge in [-0.1, -0.05) is 6.42 Å². The van der Waals surface area contributed by atoms with Crippen molar-refractivity contribution in [1.29, 1.82) is 0 Å². The second-order valence-electron chi connectivity index (χ2n) is 6.48. The number of amides is 1. The Labute approximate surface area is 124 Å². The number of pyridine rings is 1. The first-order valence-corrected chi connectivity index (χ1v) is 7.82. The SMILES string of the molecule is Cc1cc(=O)cc(C(=O)NC2(CN3CCCCC3)CC2)[nH]1. The van der Waals surface area contributed by atoms with Gasteiger partial charge in [0.15, 0.2) is 5.43 Å². The number of hydrogen-bond donors (Lipinski definition) is 2. The second kappa shape index (κ2) is 5.64. The molecule has 2 heterocycles. The van der Waals surface area contributed by atoms with Gasteiger partial charge in [0.1, 0.15) is 5.69 Å². The largest absolute Gasteiger partial charge is 0.354 e. The van der Waals surface area contributed by atoms with E-state index in [9.17, 15) is 9.59 Å². The van der Waals surface area contributed by atoms with E-state index in [-0.39, 0.29) is 16.9 Å². The van der Waals surface area contributed by atoms with E-state index in [1.807, 2.05) is 0 Å². The van der Waals surface area contributed by atoms with E-state index >= 15 is 0 Å². The van der Waals surface area contributed by atoms with Crippen LogP contribution in [0.3, 0.4) is 0 Å². The van der Waals surface area contributed by atoms with Crippen LogP contribution in [-0.2, 0) is 0 Å². The standard InChI is InChI=1S/C16H23N3O2/c1-12-9-13(20)10-14(17-12)15(21)18-16(5-6-16)11-19-7-3-2-4-8-19/h9-10H,2-8,11H2,1H3,(H,17,20)(H,18,21). The number of hydrogen-bond acceptors (Lipinski definition) is 3. The molecule has 1 aliphatic carbocycles. The molecule has 0 atom stereocenters. The summed E-state index contributed by atoms with van der Waals surface area (Å²) in [4.78, 5) is 29.3. The maximum Gasteiger partial charge on any atom is 0.268 e.